The van der Waals surface area contributed by atoms with Crippen molar-refractivity contribution in [3.8, 4) is 5.75 Å². The summed E-state index contributed by atoms with van der Waals surface area (Å²) in [5.41, 5.74) is 2.97. The van der Waals surface area contributed by atoms with E-state index >= 15 is 0 Å². The number of ether oxygens (including phenoxy) is 1. The van der Waals surface area contributed by atoms with Crippen LogP contribution in [0, 0.1) is 6.92 Å². The fourth-order valence-corrected chi connectivity index (χ4v) is 3.04. The van der Waals surface area contributed by atoms with Crippen molar-refractivity contribution in [3.05, 3.63) is 59.7 Å². The third-order valence-corrected chi connectivity index (χ3v) is 4.27. The van der Waals surface area contributed by atoms with Crippen LogP contribution in [0.5, 0.6) is 5.75 Å². The third-order valence-electron chi connectivity index (χ3n) is 4.27. The summed E-state index contributed by atoms with van der Waals surface area (Å²) < 4.78 is 5.63. The van der Waals surface area contributed by atoms with Gasteiger partial charge in [-0.1, -0.05) is 36.4 Å². The predicted octanol–water partition coefficient (Wildman–Crippen LogP) is 3.20. The van der Waals surface area contributed by atoms with E-state index in [2.05, 4.69) is 12.1 Å². The molecule has 1 N–H and O–H groups in total. The number of aryl methyl sites for hydroxylation is 2. The van der Waals surface area contributed by atoms with E-state index in [1.54, 1.807) is 11.0 Å². The molecule has 2 aromatic rings. The topological polar surface area (TPSA) is 66.8 Å². The number of carbonyl (C=O) groups excluding carboxylic acids is 1. The van der Waals surface area contributed by atoms with Gasteiger partial charge in [0.15, 0.2) is 6.10 Å². The molecule has 1 amide bonds. The van der Waals surface area contributed by atoms with E-state index in [1.165, 1.54) is 5.56 Å². The smallest absolute Gasteiger partial charge is 0.307 e. The summed E-state index contributed by atoms with van der Waals surface area (Å²) in [6, 6.07) is 15.7. The normalized spacial score (nSPS) is 16.3. The maximum absolute atomic E-state index is 12.7. The van der Waals surface area contributed by atoms with Gasteiger partial charge in [0.25, 0.3) is 5.91 Å². The number of amides is 1. The number of rotatable bonds is 6. The summed E-state index contributed by atoms with van der Waals surface area (Å²) >= 11 is 0. The first-order valence-corrected chi connectivity index (χ1v) is 8.39. The Morgan fingerprint density at radius 1 is 1.20 bits per heavy atom. The molecule has 0 fully saturated rings. The van der Waals surface area contributed by atoms with Gasteiger partial charge in [0, 0.05) is 6.54 Å². The van der Waals surface area contributed by atoms with Crippen LogP contribution in [0.3, 0.4) is 0 Å². The molecule has 5 nitrogen and oxygen atoms in total. The van der Waals surface area contributed by atoms with Gasteiger partial charge >= 0.3 is 5.97 Å². The van der Waals surface area contributed by atoms with E-state index in [1.807, 2.05) is 37.3 Å². The number of aliphatic carboxylic acids is 1. The van der Waals surface area contributed by atoms with E-state index in [0.29, 0.717) is 12.3 Å². The van der Waals surface area contributed by atoms with Crippen molar-refractivity contribution in [2.75, 3.05) is 11.4 Å². The third kappa shape index (κ3) is 3.99. The Hall–Kier alpha value is -2.82. The minimum absolute atomic E-state index is 0.284. The van der Waals surface area contributed by atoms with Crippen molar-refractivity contribution in [1.29, 1.82) is 0 Å². The number of carboxylic acid groups (broad SMARTS) is 1. The van der Waals surface area contributed by atoms with Crippen LogP contribution in [0.15, 0.2) is 48.5 Å². The van der Waals surface area contributed by atoms with Gasteiger partial charge in [0.2, 0.25) is 0 Å². The average molecular weight is 339 g/mol. The van der Waals surface area contributed by atoms with Crippen LogP contribution in [-0.2, 0) is 16.0 Å². The molecule has 1 aliphatic heterocycles. The Morgan fingerprint density at radius 3 is 2.68 bits per heavy atom. The molecular formula is C20H21NO4. The van der Waals surface area contributed by atoms with Crippen LogP contribution >= 0.6 is 0 Å². The van der Waals surface area contributed by atoms with Crippen molar-refractivity contribution in [2.24, 2.45) is 0 Å². The number of carbonyl (C=O) groups is 2. The summed E-state index contributed by atoms with van der Waals surface area (Å²) in [5.74, 6) is -0.761. The summed E-state index contributed by atoms with van der Waals surface area (Å²) in [5, 5.41) is 9.04. The van der Waals surface area contributed by atoms with Gasteiger partial charge in [0.1, 0.15) is 5.75 Å². The van der Waals surface area contributed by atoms with E-state index in [9.17, 15) is 9.59 Å². The summed E-state index contributed by atoms with van der Waals surface area (Å²) in [7, 11) is 0. The lowest BCUT2D eigenvalue weighted by atomic mass is 10.1. The highest BCUT2D eigenvalue weighted by Gasteiger charge is 2.35. The number of carboxylic acids is 1. The lowest BCUT2D eigenvalue weighted by Gasteiger charge is -2.34. The fourth-order valence-electron chi connectivity index (χ4n) is 3.04. The molecule has 3 rings (SSSR count). The zero-order chi connectivity index (χ0) is 17.8. The summed E-state index contributed by atoms with van der Waals surface area (Å²) in [6.45, 7) is 2.49. The van der Waals surface area contributed by atoms with Gasteiger partial charge < -0.3 is 14.7 Å². The van der Waals surface area contributed by atoms with Gasteiger partial charge in [-0.2, -0.15) is 0 Å². The molecule has 0 aliphatic carbocycles. The highest BCUT2D eigenvalue weighted by atomic mass is 16.5. The second-order valence-corrected chi connectivity index (χ2v) is 6.25. The molecule has 0 aromatic heterocycles. The van der Waals surface area contributed by atoms with E-state index in [4.69, 9.17) is 9.84 Å². The first kappa shape index (κ1) is 17.0. The number of hydrogen-bond donors (Lipinski definition) is 1. The van der Waals surface area contributed by atoms with Crippen molar-refractivity contribution >= 4 is 17.6 Å². The SMILES string of the molecule is Cc1ccc2c(c1)N(CCCc1ccccc1)C(=O)C(CC(=O)O)O2. The Bertz CT molecular complexity index is 773. The Balaban J connectivity index is 1.78. The van der Waals surface area contributed by atoms with Gasteiger partial charge in [-0.3, -0.25) is 9.59 Å². The molecule has 1 heterocycles. The van der Waals surface area contributed by atoms with Crippen LogP contribution in [0.4, 0.5) is 5.69 Å². The zero-order valence-electron chi connectivity index (χ0n) is 14.1. The van der Waals surface area contributed by atoms with Gasteiger partial charge in [-0.25, -0.2) is 0 Å². The molecular weight excluding hydrogens is 318 g/mol. The maximum Gasteiger partial charge on any atom is 0.307 e. The molecule has 130 valence electrons. The van der Waals surface area contributed by atoms with Crippen molar-refractivity contribution in [1.82, 2.24) is 0 Å². The predicted molar refractivity (Wildman–Crippen MR) is 95.0 cm³/mol. The maximum atomic E-state index is 12.7. The first-order chi connectivity index (χ1) is 12.0. The molecule has 0 saturated heterocycles. The average Bonchev–Trinajstić information content (AvgIpc) is 2.59. The quantitative estimate of drug-likeness (QED) is 0.878. The van der Waals surface area contributed by atoms with E-state index < -0.39 is 12.1 Å². The molecule has 1 atom stereocenters. The number of anilines is 1. The van der Waals surface area contributed by atoms with E-state index in [0.717, 1.165) is 24.1 Å². The second-order valence-electron chi connectivity index (χ2n) is 6.25. The molecule has 1 aliphatic rings. The molecule has 5 heteroatoms. The van der Waals surface area contributed by atoms with Crippen LogP contribution in [0.2, 0.25) is 0 Å². The molecule has 2 aromatic carbocycles. The largest absolute Gasteiger partial charge is 0.481 e. The minimum atomic E-state index is -1.04. The molecule has 0 saturated carbocycles. The van der Waals surface area contributed by atoms with E-state index in [-0.39, 0.29) is 12.3 Å². The number of hydrogen-bond acceptors (Lipinski definition) is 3. The molecule has 25 heavy (non-hydrogen) atoms. The second kappa shape index (κ2) is 7.38. The molecule has 1 unspecified atom stereocenters. The molecule has 0 spiro atoms. The summed E-state index contributed by atoms with van der Waals surface area (Å²) in [6.07, 6.45) is 0.352. The Labute approximate surface area is 146 Å². The highest BCUT2D eigenvalue weighted by molar-refractivity contribution is 6.01. The molecule has 0 bridgehead atoms. The van der Waals surface area contributed by atoms with Gasteiger partial charge in [0.05, 0.1) is 12.1 Å². The number of benzene rings is 2. The highest BCUT2D eigenvalue weighted by Crippen LogP contribution is 2.35. The first-order valence-electron chi connectivity index (χ1n) is 8.39. The van der Waals surface area contributed by atoms with Crippen LogP contribution in [0.25, 0.3) is 0 Å². The number of nitrogens with zero attached hydrogens (tertiary/aromatic N) is 1. The van der Waals surface area contributed by atoms with Gasteiger partial charge in [-0.05, 0) is 43.0 Å². The lowest BCUT2D eigenvalue weighted by molar-refractivity contribution is -0.142. The Morgan fingerprint density at radius 2 is 1.96 bits per heavy atom. The molecule has 0 radical (unpaired) electrons. The van der Waals surface area contributed by atoms with Crippen LogP contribution < -0.4 is 9.64 Å². The van der Waals surface area contributed by atoms with Crippen molar-refractivity contribution < 1.29 is 19.4 Å². The number of fused-ring (bicyclic) bond motifs is 1. The summed E-state index contributed by atoms with van der Waals surface area (Å²) in [4.78, 5) is 25.4. The standard InChI is InChI=1S/C20H21NO4/c1-14-9-10-17-16(12-14)21(20(24)18(25-17)13-19(22)23)11-5-8-15-6-3-2-4-7-15/h2-4,6-7,9-10,12,18H,5,8,11,13H2,1H3,(H,22,23). The fraction of sp³-hybridized carbons (Fsp3) is 0.300. The lowest BCUT2D eigenvalue weighted by Crippen LogP contribution is -2.47. The van der Waals surface area contributed by atoms with Gasteiger partial charge in [-0.15, -0.1) is 0 Å². The van der Waals surface area contributed by atoms with Crippen molar-refractivity contribution in [3.63, 3.8) is 0 Å². The Kier molecular flexibility index (Phi) is 5.03. The minimum Gasteiger partial charge on any atom is -0.481 e. The van der Waals surface area contributed by atoms with Crippen LogP contribution in [-0.4, -0.2) is 29.6 Å². The van der Waals surface area contributed by atoms with Crippen LogP contribution in [0.1, 0.15) is 24.0 Å². The zero-order valence-corrected chi connectivity index (χ0v) is 14.1. The van der Waals surface area contributed by atoms with Crippen molar-refractivity contribution in [2.45, 2.75) is 32.3 Å². The monoisotopic (exact) mass is 339 g/mol.